The molecule has 4 nitrogen and oxygen atoms in total. The van der Waals surface area contributed by atoms with Crippen LogP contribution in [-0.2, 0) is 6.42 Å². The standard InChI is InChI=1S/C15H18ClN3O/c1-2-4-12-9-11(10-14(16)18-12)15(20)19(8-3-7-17)13-5-6-13/h9-10,13H,2-6,8H2,1H3. The normalized spacial score (nSPS) is 13.8. The molecule has 20 heavy (non-hydrogen) atoms. The van der Waals surface area contributed by atoms with Crippen molar-refractivity contribution in [3.05, 3.63) is 28.5 Å². The Balaban J connectivity index is 2.19. The number of rotatable bonds is 6. The zero-order chi connectivity index (χ0) is 14.5. The van der Waals surface area contributed by atoms with E-state index in [-0.39, 0.29) is 11.9 Å². The van der Waals surface area contributed by atoms with Crippen LogP contribution in [0.5, 0.6) is 0 Å². The number of nitrogens with zero attached hydrogens (tertiary/aromatic N) is 3. The number of aryl methyl sites for hydroxylation is 1. The molecule has 1 heterocycles. The van der Waals surface area contributed by atoms with Crippen molar-refractivity contribution in [2.75, 3.05) is 6.54 Å². The van der Waals surface area contributed by atoms with Gasteiger partial charge in [-0.05, 0) is 31.4 Å². The van der Waals surface area contributed by atoms with Gasteiger partial charge in [0.1, 0.15) is 5.15 Å². The Hall–Kier alpha value is -1.60. The van der Waals surface area contributed by atoms with Gasteiger partial charge in [0.2, 0.25) is 0 Å². The van der Waals surface area contributed by atoms with Gasteiger partial charge >= 0.3 is 0 Å². The highest BCUT2D eigenvalue weighted by atomic mass is 35.5. The zero-order valence-corrected chi connectivity index (χ0v) is 12.4. The van der Waals surface area contributed by atoms with E-state index in [4.69, 9.17) is 16.9 Å². The Labute approximate surface area is 124 Å². The Morgan fingerprint density at radius 3 is 2.90 bits per heavy atom. The second-order valence-corrected chi connectivity index (χ2v) is 5.44. The minimum absolute atomic E-state index is 0.0376. The number of aromatic nitrogens is 1. The largest absolute Gasteiger partial charge is 0.335 e. The summed E-state index contributed by atoms with van der Waals surface area (Å²) < 4.78 is 0. The lowest BCUT2D eigenvalue weighted by Gasteiger charge is -2.21. The summed E-state index contributed by atoms with van der Waals surface area (Å²) in [5.74, 6) is -0.0376. The van der Waals surface area contributed by atoms with Gasteiger partial charge in [-0.1, -0.05) is 24.9 Å². The van der Waals surface area contributed by atoms with Crippen LogP contribution >= 0.6 is 11.6 Å². The number of amides is 1. The van der Waals surface area contributed by atoms with E-state index in [0.29, 0.717) is 23.7 Å². The van der Waals surface area contributed by atoms with Crippen LogP contribution in [0, 0.1) is 11.3 Å². The van der Waals surface area contributed by atoms with Gasteiger partial charge in [0.15, 0.2) is 0 Å². The summed E-state index contributed by atoms with van der Waals surface area (Å²) in [6.07, 6.45) is 4.18. The van der Waals surface area contributed by atoms with Crippen LogP contribution < -0.4 is 0 Å². The average molecular weight is 292 g/mol. The zero-order valence-electron chi connectivity index (χ0n) is 11.6. The lowest BCUT2D eigenvalue weighted by molar-refractivity contribution is 0.0746. The second-order valence-electron chi connectivity index (χ2n) is 5.06. The Morgan fingerprint density at radius 1 is 1.55 bits per heavy atom. The molecule has 0 N–H and O–H groups in total. The van der Waals surface area contributed by atoms with Crippen LogP contribution in [0.25, 0.3) is 0 Å². The third-order valence-corrected chi connectivity index (χ3v) is 3.51. The van der Waals surface area contributed by atoms with E-state index >= 15 is 0 Å². The van der Waals surface area contributed by atoms with Crippen LogP contribution in [0.1, 0.15) is 48.7 Å². The summed E-state index contributed by atoms with van der Waals surface area (Å²) in [6, 6.07) is 5.82. The van der Waals surface area contributed by atoms with Gasteiger partial charge in [-0.25, -0.2) is 4.98 Å². The first-order chi connectivity index (χ1) is 9.65. The molecule has 0 unspecified atom stereocenters. The molecule has 1 aromatic rings. The first-order valence-corrected chi connectivity index (χ1v) is 7.38. The first kappa shape index (κ1) is 14.8. The van der Waals surface area contributed by atoms with Gasteiger partial charge in [0.05, 0.1) is 12.5 Å². The number of carbonyl (C=O) groups excluding carboxylic acids is 1. The fourth-order valence-corrected chi connectivity index (χ4v) is 2.46. The highest BCUT2D eigenvalue weighted by Crippen LogP contribution is 2.28. The van der Waals surface area contributed by atoms with Gasteiger partial charge in [-0.2, -0.15) is 5.26 Å². The third-order valence-electron chi connectivity index (χ3n) is 3.31. The quantitative estimate of drug-likeness (QED) is 0.756. The molecule has 1 saturated carbocycles. The molecule has 1 aliphatic carbocycles. The van der Waals surface area contributed by atoms with E-state index < -0.39 is 0 Å². The predicted molar refractivity (Wildman–Crippen MR) is 77.5 cm³/mol. The van der Waals surface area contributed by atoms with Crippen LogP contribution in [0.15, 0.2) is 12.1 Å². The number of pyridine rings is 1. The molecule has 1 aromatic heterocycles. The monoisotopic (exact) mass is 291 g/mol. The molecule has 5 heteroatoms. The highest BCUT2D eigenvalue weighted by molar-refractivity contribution is 6.29. The summed E-state index contributed by atoms with van der Waals surface area (Å²) in [5, 5.41) is 9.07. The molecule has 0 aliphatic heterocycles. The second kappa shape index (κ2) is 6.71. The first-order valence-electron chi connectivity index (χ1n) is 7.00. The Bertz CT molecular complexity index is 534. The molecular weight excluding hydrogens is 274 g/mol. The van der Waals surface area contributed by atoms with Gasteiger partial charge in [-0.15, -0.1) is 0 Å². The van der Waals surface area contributed by atoms with E-state index in [1.165, 1.54) is 0 Å². The molecule has 0 radical (unpaired) electrons. The number of hydrogen-bond donors (Lipinski definition) is 0. The number of halogens is 1. The molecule has 1 fully saturated rings. The number of nitriles is 1. The molecular formula is C15H18ClN3O. The van der Waals surface area contributed by atoms with Gasteiger partial charge in [0.25, 0.3) is 5.91 Å². The summed E-state index contributed by atoms with van der Waals surface area (Å²) in [4.78, 5) is 18.6. The minimum atomic E-state index is -0.0376. The predicted octanol–water partition coefficient (Wildman–Crippen LogP) is 3.21. The van der Waals surface area contributed by atoms with Crippen LogP contribution in [0.3, 0.4) is 0 Å². The molecule has 1 aliphatic rings. The van der Waals surface area contributed by atoms with E-state index in [1.807, 2.05) is 6.07 Å². The molecule has 0 saturated heterocycles. The van der Waals surface area contributed by atoms with Gasteiger partial charge in [0, 0.05) is 23.8 Å². The van der Waals surface area contributed by atoms with Crippen molar-refractivity contribution < 1.29 is 4.79 Å². The maximum absolute atomic E-state index is 12.6. The summed E-state index contributed by atoms with van der Waals surface area (Å²) in [7, 11) is 0. The fraction of sp³-hybridized carbons (Fsp3) is 0.533. The summed E-state index contributed by atoms with van der Waals surface area (Å²) >= 11 is 6.00. The van der Waals surface area contributed by atoms with Gasteiger partial charge in [-0.3, -0.25) is 4.79 Å². The number of hydrogen-bond acceptors (Lipinski definition) is 3. The van der Waals surface area contributed by atoms with Crippen molar-refractivity contribution in [1.29, 1.82) is 5.26 Å². The van der Waals surface area contributed by atoms with Crippen molar-refractivity contribution in [2.45, 2.75) is 45.1 Å². The Kier molecular flexibility index (Phi) is 4.97. The smallest absolute Gasteiger partial charge is 0.254 e. The Morgan fingerprint density at radius 2 is 2.30 bits per heavy atom. The molecule has 106 valence electrons. The van der Waals surface area contributed by atoms with Crippen molar-refractivity contribution in [2.24, 2.45) is 0 Å². The van der Waals surface area contributed by atoms with Crippen molar-refractivity contribution in [1.82, 2.24) is 9.88 Å². The SMILES string of the molecule is CCCc1cc(C(=O)N(CCC#N)C2CC2)cc(Cl)n1. The van der Waals surface area contributed by atoms with Crippen molar-refractivity contribution >= 4 is 17.5 Å². The fourth-order valence-electron chi connectivity index (χ4n) is 2.23. The van der Waals surface area contributed by atoms with Crippen molar-refractivity contribution in [3.63, 3.8) is 0 Å². The lowest BCUT2D eigenvalue weighted by Crippen LogP contribution is -2.34. The maximum Gasteiger partial charge on any atom is 0.254 e. The van der Waals surface area contributed by atoms with Gasteiger partial charge < -0.3 is 4.90 Å². The third kappa shape index (κ3) is 3.71. The minimum Gasteiger partial charge on any atom is -0.335 e. The molecule has 0 atom stereocenters. The summed E-state index contributed by atoms with van der Waals surface area (Å²) in [5.41, 5.74) is 1.43. The topological polar surface area (TPSA) is 57.0 Å². The summed E-state index contributed by atoms with van der Waals surface area (Å²) in [6.45, 7) is 2.55. The molecule has 0 aromatic carbocycles. The van der Waals surface area contributed by atoms with E-state index in [9.17, 15) is 4.79 Å². The lowest BCUT2D eigenvalue weighted by atomic mass is 10.1. The molecule has 0 bridgehead atoms. The van der Waals surface area contributed by atoms with Crippen LogP contribution in [-0.4, -0.2) is 28.4 Å². The van der Waals surface area contributed by atoms with E-state index in [2.05, 4.69) is 18.0 Å². The molecule has 2 rings (SSSR count). The van der Waals surface area contributed by atoms with Crippen LogP contribution in [0.4, 0.5) is 0 Å². The van der Waals surface area contributed by atoms with E-state index in [0.717, 1.165) is 31.4 Å². The highest BCUT2D eigenvalue weighted by Gasteiger charge is 2.32. The van der Waals surface area contributed by atoms with Crippen molar-refractivity contribution in [3.8, 4) is 6.07 Å². The maximum atomic E-state index is 12.6. The average Bonchev–Trinajstić information content (AvgIpc) is 3.23. The van der Waals surface area contributed by atoms with Crippen LogP contribution in [0.2, 0.25) is 5.15 Å². The van der Waals surface area contributed by atoms with E-state index in [1.54, 1.807) is 11.0 Å². The molecule has 0 spiro atoms. The molecule has 1 amide bonds. The number of carbonyl (C=O) groups is 1.